The molecular weight excluding hydrogens is 384 g/mol. The Morgan fingerprint density at radius 3 is 2.60 bits per heavy atom. The lowest BCUT2D eigenvalue weighted by molar-refractivity contribution is -0.139. The molecule has 0 radical (unpaired) electrons. The van der Waals surface area contributed by atoms with Gasteiger partial charge < -0.3 is 14.7 Å². The minimum atomic E-state index is -1.07. The molecular formula is C22H24N4O4. The van der Waals surface area contributed by atoms with Crippen molar-refractivity contribution in [1.82, 2.24) is 19.7 Å². The summed E-state index contributed by atoms with van der Waals surface area (Å²) in [5.41, 5.74) is 4.69. The van der Waals surface area contributed by atoms with Gasteiger partial charge in [0.2, 0.25) is 12.3 Å². The Bertz CT molecular complexity index is 1010. The normalized spacial score (nSPS) is 10.6. The van der Waals surface area contributed by atoms with Crippen LogP contribution in [-0.2, 0) is 29.2 Å². The molecule has 0 aliphatic carbocycles. The number of benzene rings is 1. The summed E-state index contributed by atoms with van der Waals surface area (Å²) in [6.07, 6.45) is 6.19. The molecule has 0 aliphatic rings. The summed E-state index contributed by atoms with van der Waals surface area (Å²) in [5.74, 6) is -0.806. The van der Waals surface area contributed by atoms with E-state index in [1.54, 1.807) is 24.1 Å². The molecule has 2 heterocycles. The van der Waals surface area contributed by atoms with Crippen LogP contribution in [0.4, 0.5) is 0 Å². The lowest BCUT2D eigenvalue weighted by Gasteiger charge is -2.19. The van der Waals surface area contributed by atoms with Crippen LogP contribution in [0.3, 0.4) is 0 Å². The smallest absolute Gasteiger partial charge is 0.341 e. The van der Waals surface area contributed by atoms with Gasteiger partial charge in [0.15, 0.2) is 6.61 Å². The number of carboxylic acids is 1. The molecule has 8 nitrogen and oxygen atoms in total. The van der Waals surface area contributed by atoms with E-state index >= 15 is 0 Å². The van der Waals surface area contributed by atoms with Crippen molar-refractivity contribution in [1.29, 1.82) is 0 Å². The number of rotatable bonds is 10. The first-order valence-corrected chi connectivity index (χ1v) is 9.60. The number of aliphatic carboxylic acids is 1. The van der Waals surface area contributed by atoms with E-state index in [0.717, 1.165) is 35.2 Å². The van der Waals surface area contributed by atoms with Crippen LogP contribution in [0.2, 0.25) is 0 Å². The van der Waals surface area contributed by atoms with Gasteiger partial charge in [-0.3, -0.25) is 9.48 Å². The topological polar surface area (TPSA) is 97.6 Å². The third-order valence-electron chi connectivity index (χ3n) is 4.76. The molecule has 156 valence electrons. The molecule has 1 N–H and O–H groups in total. The zero-order valence-corrected chi connectivity index (χ0v) is 17.0. The maximum absolute atomic E-state index is 11.6. The van der Waals surface area contributed by atoms with Gasteiger partial charge in [0.25, 0.3) is 0 Å². The van der Waals surface area contributed by atoms with Gasteiger partial charge in [-0.05, 0) is 36.6 Å². The Balaban J connectivity index is 1.68. The standard InChI is InChI=1S/C22H24N4O4/c1-3-26-13-20(10-24-26)18-6-4-17(5-7-18)11-25(15-27)12-19-8-9-23-22(16(19)2)30-14-21(28)29/h4-10,13,15H,3,11-12,14H2,1-2H3,(H,28,29). The van der Waals surface area contributed by atoms with Crippen molar-refractivity contribution in [3.8, 4) is 17.0 Å². The van der Waals surface area contributed by atoms with E-state index in [1.165, 1.54) is 0 Å². The number of amides is 1. The van der Waals surface area contributed by atoms with E-state index in [1.807, 2.05) is 48.3 Å². The molecule has 0 unspecified atom stereocenters. The lowest BCUT2D eigenvalue weighted by Crippen LogP contribution is -2.21. The Labute approximate surface area is 174 Å². The summed E-state index contributed by atoms with van der Waals surface area (Å²) < 4.78 is 7.09. The fourth-order valence-electron chi connectivity index (χ4n) is 3.07. The van der Waals surface area contributed by atoms with Crippen molar-refractivity contribution in [2.45, 2.75) is 33.5 Å². The fraction of sp³-hybridized carbons (Fsp3) is 0.273. The SMILES string of the molecule is CCn1cc(-c2ccc(CN(C=O)Cc3ccnc(OCC(=O)O)c3C)cc2)cn1. The molecule has 0 aliphatic heterocycles. The molecule has 0 spiro atoms. The van der Waals surface area contributed by atoms with Crippen LogP contribution in [0.25, 0.3) is 11.1 Å². The Hall–Kier alpha value is -3.68. The highest BCUT2D eigenvalue weighted by atomic mass is 16.5. The van der Waals surface area contributed by atoms with Gasteiger partial charge in [-0.2, -0.15) is 5.10 Å². The number of hydrogen-bond acceptors (Lipinski definition) is 5. The molecule has 0 fully saturated rings. The van der Waals surface area contributed by atoms with Crippen LogP contribution in [-0.4, -0.2) is 43.8 Å². The third-order valence-corrected chi connectivity index (χ3v) is 4.76. The van der Waals surface area contributed by atoms with E-state index in [2.05, 4.69) is 10.1 Å². The zero-order chi connectivity index (χ0) is 21.5. The van der Waals surface area contributed by atoms with Crippen LogP contribution in [0.15, 0.2) is 48.9 Å². The number of nitrogens with zero attached hydrogens (tertiary/aromatic N) is 4. The largest absolute Gasteiger partial charge is 0.479 e. The number of aryl methyl sites for hydroxylation is 1. The molecule has 0 saturated heterocycles. The molecule has 3 rings (SSSR count). The number of carbonyl (C=O) groups excluding carboxylic acids is 1. The molecule has 3 aromatic rings. The maximum Gasteiger partial charge on any atom is 0.341 e. The first-order chi connectivity index (χ1) is 14.5. The van der Waals surface area contributed by atoms with E-state index in [4.69, 9.17) is 9.84 Å². The molecule has 8 heteroatoms. The first-order valence-electron chi connectivity index (χ1n) is 9.60. The van der Waals surface area contributed by atoms with Crippen molar-refractivity contribution in [2.24, 2.45) is 0 Å². The highest BCUT2D eigenvalue weighted by Crippen LogP contribution is 2.22. The summed E-state index contributed by atoms with van der Waals surface area (Å²) in [6.45, 7) is 5.02. The Morgan fingerprint density at radius 2 is 1.97 bits per heavy atom. The highest BCUT2D eigenvalue weighted by Gasteiger charge is 2.12. The predicted molar refractivity (Wildman–Crippen MR) is 111 cm³/mol. The van der Waals surface area contributed by atoms with Crippen molar-refractivity contribution < 1.29 is 19.4 Å². The quantitative estimate of drug-likeness (QED) is 0.518. The van der Waals surface area contributed by atoms with Crippen molar-refractivity contribution in [3.05, 3.63) is 65.6 Å². The van der Waals surface area contributed by atoms with Gasteiger partial charge in [-0.25, -0.2) is 9.78 Å². The number of ether oxygens (including phenoxy) is 1. The third kappa shape index (κ3) is 5.22. The lowest BCUT2D eigenvalue weighted by atomic mass is 10.1. The molecule has 1 aromatic carbocycles. The Morgan fingerprint density at radius 1 is 1.20 bits per heavy atom. The minimum absolute atomic E-state index is 0.262. The van der Waals surface area contributed by atoms with Crippen LogP contribution in [0, 0.1) is 6.92 Å². The average molecular weight is 408 g/mol. The molecule has 0 bridgehead atoms. The van der Waals surface area contributed by atoms with E-state index in [-0.39, 0.29) is 5.88 Å². The number of carboxylic acid groups (broad SMARTS) is 1. The summed E-state index contributed by atoms with van der Waals surface area (Å²) in [7, 11) is 0. The van der Waals surface area contributed by atoms with Gasteiger partial charge in [0, 0.05) is 43.2 Å². The van der Waals surface area contributed by atoms with Crippen molar-refractivity contribution in [3.63, 3.8) is 0 Å². The molecule has 0 atom stereocenters. The summed E-state index contributed by atoms with van der Waals surface area (Å²) in [6, 6.07) is 9.83. The van der Waals surface area contributed by atoms with E-state index in [9.17, 15) is 9.59 Å². The van der Waals surface area contributed by atoms with Crippen molar-refractivity contribution in [2.75, 3.05) is 6.61 Å². The zero-order valence-electron chi connectivity index (χ0n) is 17.0. The highest BCUT2D eigenvalue weighted by molar-refractivity contribution is 5.68. The summed E-state index contributed by atoms with van der Waals surface area (Å²) >= 11 is 0. The number of aromatic nitrogens is 3. The number of hydrogen-bond donors (Lipinski definition) is 1. The van der Waals surface area contributed by atoms with Gasteiger partial charge in [0.1, 0.15) is 0 Å². The maximum atomic E-state index is 11.6. The van der Waals surface area contributed by atoms with Crippen LogP contribution in [0.5, 0.6) is 5.88 Å². The molecule has 1 amide bonds. The van der Waals surface area contributed by atoms with Crippen LogP contribution in [0.1, 0.15) is 23.6 Å². The second kappa shape index (κ2) is 9.69. The summed E-state index contributed by atoms with van der Waals surface area (Å²) in [5, 5.41) is 13.1. The second-order valence-electron chi connectivity index (χ2n) is 6.87. The Kier molecular flexibility index (Phi) is 6.79. The monoisotopic (exact) mass is 408 g/mol. The number of carbonyl (C=O) groups is 2. The average Bonchev–Trinajstić information content (AvgIpc) is 3.23. The second-order valence-corrected chi connectivity index (χ2v) is 6.87. The van der Waals surface area contributed by atoms with Gasteiger partial charge in [-0.15, -0.1) is 0 Å². The predicted octanol–water partition coefficient (Wildman–Crippen LogP) is 2.90. The molecule has 0 saturated carbocycles. The van der Waals surface area contributed by atoms with Gasteiger partial charge in [0.05, 0.1) is 6.20 Å². The van der Waals surface area contributed by atoms with Crippen molar-refractivity contribution >= 4 is 12.4 Å². The van der Waals surface area contributed by atoms with E-state index < -0.39 is 12.6 Å². The summed E-state index contributed by atoms with van der Waals surface area (Å²) in [4.78, 5) is 28.1. The molecule has 2 aromatic heterocycles. The van der Waals surface area contributed by atoms with Crippen LogP contribution >= 0.6 is 0 Å². The fourth-order valence-corrected chi connectivity index (χ4v) is 3.07. The van der Waals surface area contributed by atoms with E-state index in [0.29, 0.717) is 18.7 Å². The van der Waals surface area contributed by atoms with Gasteiger partial charge in [-0.1, -0.05) is 24.3 Å². The minimum Gasteiger partial charge on any atom is -0.479 e. The van der Waals surface area contributed by atoms with Gasteiger partial charge >= 0.3 is 5.97 Å². The van der Waals surface area contributed by atoms with Crippen LogP contribution < -0.4 is 4.74 Å². The molecule has 30 heavy (non-hydrogen) atoms. The number of pyridine rings is 1. The first kappa shape index (κ1) is 21.0.